The van der Waals surface area contributed by atoms with Crippen LogP contribution in [0.4, 0.5) is 0 Å². The third kappa shape index (κ3) is 7.49. The zero-order valence-electron chi connectivity index (χ0n) is 19.0. The van der Waals surface area contributed by atoms with Gasteiger partial charge in [-0.25, -0.2) is 8.42 Å². The van der Waals surface area contributed by atoms with Crippen molar-refractivity contribution in [2.24, 2.45) is 0 Å². The topological polar surface area (TPSA) is 88.1 Å². The SMILES string of the molecule is CC(C)OP(=O)(OC(C)C)C1OC(CS(C)(=O)=O)CC1O[Si](C)(C)C(C)(C)C. The Labute approximate surface area is 172 Å². The number of rotatable bonds is 9. The van der Waals surface area contributed by atoms with Crippen molar-refractivity contribution in [2.45, 2.75) is 103 Å². The van der Waals surface area contributed by atoms with Gasteiger partial charge in [0.2, 0.25) is 0 Å². The van der Waals surface area contributed by atoms with Crippen LogP contribution in [0, 0.1) is 0 Å². The van der Waals surface area contributed by atoms with E-state index in [0.29, 0.717) is 6.42 Å². The maximum atomic E-state index is 13.7. The monoisotopic (exact) mass is 458 g/mol. The van der Waals surface area contributed by atoms with Crippen molar-refractivity contribution in [3.05, 3.63) is 0 Å². The molecule has 0 spiro atoms. The average molecular weight is 459 g/mol. The Bertz CT molecular complexity index is 656. The number of ether oxygens (including phenoxy) is 1. The molecule has 0 radical (unpaired) electrons. The minimum Gasteiger partial charge on any atom is -0.410 e. The second-order valence-corrected chi connectivity index (χ2v) is 18.7. The van der Waals surface area contributed by atoms with E-state index in [2.05, 4.69) is 33.9 Å². The van der Waals surface area contributed by atoms with Gasteiger partial charge in [0, 0.05) is 12.7 Å². The highest BCUT2D eigenvalue weighted by molar-refractivity contribution is 7.90. The number of hydrogen-bond acceptors (Lipinski definition) is 7. The molecule has 1 heterocycles. The standard InChI is InChI=1S/C18H39O7PSSi/c1-13(2)23-26(19,24-14(3)4)17-16(25-28(9,10)18(5,6)7)11-15(22-17)12-27(8,20)21/h13-17H,11-12H2,1-10H3. The van der Waals surface area contributed by atoms with Gasteiger partial charge in [-0.05, 0) is 45.8 Å². The van der Waals surface area contributed by atoms with Gasteiger partial charge in [-0.1, -0.05) is 20.8 Å². The molecule has 10 heteroatoms. The highest BCUT2D eigenvalue weighted by atomic mass is 32.2. The van der Waals surface area contributed by atoms with Crippen molar-refractivity contribution in [2.75, 3.05) is 12.0 Å². The lowest BCUT2D eigenvalue weighted by molar-refractivity contribution is 0.0295. The van der Waals surface area contributed by atoms with Gasteiger partial charge < -0.3 is 18.2 Å². The molecule has 1 saturated heterocycles. The molecule has 168 valence electrons. The van der Waals surface area contributed by atoms with Crippen molar-refractivity contribution < 1.29 is 31.2 Å². The van der Waals surface area contributed by atoms with E-state index in [9.17, 15) is 13.0 Å². The maximum Gasteiger partial charge on any atom is 0.362 e. The summed E-state index contributed by atoms with van der Waals surface area (Å²) in [5, 5.41) is -0.0612. The highest BCUT2D eigenvalue weighted by Crippen LogP contribution is 2.60. The molecule has 0 aromatic heterocycles. The van der Waals surface area contributed by atoms with E-state index >= 15 is 0 Å². The molecule has 0 aromatic rings. The van der Waals surface area contributed by atoms with E-state index < -0.39 is 43.8 Å². The molecular formula is C18H39O7PSSi. The molecule has 7 nitrogen and oxygen atoms in total. The van der Waals surface area contributed by atoms with E-state index in [1.807, 2.05) is 0 Å². The lowest BCUT2D eigenvalue weighted by Gasteiger charge is -2.40. The normalized spacial score (nSPS) is 25.1. The molecule has 3 unspecified atom stereocenters. The van der Waals surface area contributed by atoms with Gasteiger partial charge in [-0.3, -0.25) is 4.57 Å². The van der Waals surface area contributed by atoms with E-state index in [1.165, 1.54) is 6.26 Å². The summed E-state index contributed by atoms with van der Waals surface area (Å²) in [6.45, 7) is 17.7. The Morgan fingerprint density at radius 1 is 1.11 bits per heavy atom. The van der Waals surface area contributed by atoms with Crippen molar-refractivity contribution >= 4 is 25.8 Å². The third-order valence-corrected chi connectivity index (χ3v) is 12.9. The fraction of sp³-hybridized carbons (Fsp3) is 1.00. The molecule has 0 amide bonds. The van der Waals surface area contributed by atoms with Crippen LogP contribution in [0.15, 0.2) is 0 Å². The van der Waals surface area contributed by atoms with Crippen molar-refractivity contribution in [1.29, 1.82) is 0 Å². The first-order valence-corrected chi connectivity index (χ1v) is 16.4. The summed E-state index contributed by atoms with van der Waals surface area (Å²) >= 11 is 0. The smallest absolute Gasteiger partial charge is 0.362 e. The van der Waals surface area contributed by atoms with E-state index in [4.69, 9.17) is 18.2 Å². The zero-order chi connectivity index (χ0) is 22.1. The van der Waals surface area contributed by atoms with Crippen molar-refractivity contribution in [1.82, 2.24) is 0 Å². The summed E-state index contributed by atoms with van der Waals surface area (Å²) in [6, 6.07) is 0. The molecular weight excluding hydrogens is 419 g/mol. The second-order valence-electron chi connectivity index (χ2n) is 9.74. The maximum absolute atomic E-state index is 13.7. The van der Waals surface area contributed by atoms with Gasteiger partial charge in [-0.2, -0.15) is 0 Å². The molecule has 1 rings (SSSR count). The van der Waals surface area contributed by atoms with E-state index in [1.54, 1.807) is 27.7 Å². The lowest BCUT2D eigenvalue weighted by Crippen LogP contribution is -2.46. The second kappa shape index (κ2) is 9.16. The first kappa shape index (κ1) is 26.3. The molecule has 1 aliphatic heterocycles. The summed E-state index contributed by atoms with van der Waals surface area (Å²) in [5.41, 5.74) is 0. The molecule has 28 heavy (non-hydrogen) atoms. The fourth-order valence-corrected chi connectivity index (χ4v) is 7.54. The fourth-order valence-electron chi connectivity index (χ4n) is 2.83. The van der Waals surface area contributed by atoms with Crippen LogP contribution < -0.4 is 0 Å². The van der Waals surface area contributed by atoms with Crippen LogP contribution in [0.1, 0.15) is 54.9 Å². The summed E-state index contributed by atoms with van der Waals surface area (Å²) in [6.07, 6.45) is -0.309. The van der Waals surface area contributed by atoms with Crippen LogP contribution in [0.25, 0.3) is 0 Å². The molecule has 0 aliphatic carbocycles. The predicted molar refractivity (Wildman–Crippen MR) is 115 cm³/mol. The molecule has 0 saturated carbocycles. The summed E-state index contributed by atoms with van der Waals surface area (Å²) in [4.78, 5) is 0. The van der Waals surface area contributed by atoms with Crippen molar-refractivity contribution in [3.8, 4) is 0 Å². The van der Waals surface area contributed by atoms with Crippen LogP contribution in [0.5, 0.6) is 0 Å². The first-order valence-electron chi connectivity index (χ1n) is 9.84. The van der Waals surface area contributed by atoms with Gasteiger partial charge in [-0.15, -0.1) is 0 Å². The average Bonchev–Trinajstić information content (AvgIpc) is 2.75. The third-order valence-electron chi connectivity index (χ3n) is 4.91. The van der Waals surface area contributed by atoms with Crippen LogP contribution in [-0.2, 0) is 32.6 Å². The Balaban J connectivity index is 3.27. The largest absolute Gasteiger partial charge is 0.410 e. The molecule has 0 bridgehead atoms. The summed E-state index contributed by atoms with van der Waals surface area (Å²) in [5.74, 6) is -1.09. The van der Waals surface area contributed by atoms with Crippen LogP contribution in [0.3, 0.4) is 0 Å². The molecule has 3 atom stereocenters. The van der Waals surface area contributed by atoms with E-state index in [0.717, 1.165) is 0 Å². The minimum absolute atomic E-state index is 0.0612. The Kier molecular flexibility index (Phi) is 8.60. The summed E-state index contributed by atoms with van der Waals surface area (Å²) in [7, 11) is -9.18. The van der Waals surface area contributed by atoms with Gasteiger partial charge in [0.25, 0.3) is 0 Å². The van der Waals surface area contributed by atoms with Crippen LogP contribution in [-0.4, -0.2) is 59.0 Å². The van der Waals surface area contributed by atoms with Crippen molar-refractivity contribution in [3.63, 3.8) is 0 Å². The van der Waals surface area contributed by atoms with Crippen LogP contribution in [0.2, 0.25) is 18.1 Å². The Morgan fingerprint density at radius 3 is 1.93 bits per heavy atom. The molecule has 0 aromatic carbocycles. The molecule has 1 fully saturated rings. The molecule has 1 aliphatic rings. The first-order chi connectivity index (χ1) is 12.4. The number of hydrogen-bond donors (Lipinski definition) is 0. The lowest BCUT2D eigenvalue weighted by atomic mass is 10.2. The zero-order valence-corrected chi connectivity index (χ0v) is 21.7. The van der Waals surface area contributed by atoms with E-state index in [-0.39, 0.29) is 23.0 Å². The quantitative estimate of drug-likeness (QED) is 0.369. The Morgan fingerprint density at radius 2 is 1.57 bits per heavy atom. The molecule has 0 N–H and O–H groups in total. The van der Waals surface area contributed by atoms with Gasteiger partial charge in [0.1, 0.15) is 9.84 Å². The summed E-state index contributed by atoms with van der Waals surface area (Å²) < 4.78 is 61.3. The minimum atomic E-state index is -3.70. The van der Waals surface area contributed by atoms with Gasteiger partial charge >= 0.3 is 7.60 Å². The predicted octanol–water partition coefficient (Wildman–Crippen LogP) is 4.58. The van der Waals surface area contributed by atoms with Crippen LogP contribution >= 0.6 is 7.60 Å². The highest BCUT2D eigenvalue weighted by Gasteiger charge is 2.53. The van der Waals surface area contributed by atoms with Gasteiger partial charge in [0.05, 0.1) is 30.2 Å². The van der Waals surface area contributed by atoms with Gasteiger partial charge in [0.15, 0.2) is 14.2 Å². The number of sulfone groups is 1. The Hall–Kier alpha value is 0.237.